The summed E-state index contributed by atoms with van der Waals surface area (Å²) in [5.41, 5.74) is 52.3. The fraction of sp³-hybridized carbons (Fsp3) is 0.0806. The van der Waals surface area contributed by atoms with Crippen LogP contribution in [0.4, 0.5) is 68.2 Å². The van der Waals surface area contributed by atoms with Crippen LogP contribution in [0, 0.1) is 41.5 Å². The van der Waals surface area contributed by atoms with Crippen LogP contribution in [0.2, 0.25) is 0 Å². The molecule has 0 N–H and O–H groups in total. The van der Waals surface area contributed by atoms with Crippen LogP contribution in [0.3, 0.4) is 0 Å². The zero-order valence-electron chi connectivity index (χ0n) is 75.9. The summed E-state index contributed by atoms with van der Waals surface area (Å²) in [6.07, 6.45) is 0. The normalized spacial score (nSPS) is 13.3. The molecular weight excluding hydrogens is 1640 g/mol. The van der Waals surface area contributed by atoms with E-state index in [1.807, 2.05) is 23.5 Å². The van der Waals surface area contributed by atoms with Gasteiger partial charge in [0.15, 0.2) is 0 Å². The predicted molar refractivity (Wildman–Crippen MR) is 571 cm³/mol. The Bertz CT molecular complexity index is 7380. The van der Waals surface area contributed by atoms with Gasteiger partial charge in [0.1, 0.15) is 0 Å². The zero-order chi connectivity index (χ0) is 89.3. The van der Waals surface area contributed by atoms with Crippen molar-refractivity contribution in [1.82, 2.24) is 0 Å². The predicted octanol–water partition coefficient (Wildman–Crippen LogP) is 27.8. The van der Waals surface area contributed by atoms with Crippen LogP contribution in [0.1, 0.15) is 59.7 Å². The summed E-state index contributed by atoms with van der Waals surface area (Å²) in [6, 6.07) is 154. The quantitative estimate of drug-likeness (QED) is 0.112. The smallest absolute Gasteiger partial charge is 0.255 e. The number of para-hydroxylation sites is 2. The van der Waals surface area contributed by atoms with E-state index in [9.17, 15) is 0 Å². The Labute approximate surface area is 790 Å². The highest BCUT2D eigenvalue weighted by molar-refractivity contribution is 8.00. The Morgan fingerprint density at radius 1 is 0.203 bits per heavy atom. The Kier molecular flexibility index (Phi) is 19.0. The van der Waals surface area contributed by atoms with Crippen molar-refractivity contribution < 1.29 is 0 Å². The molecule has 19 aromatic carbocycles. The van der Waals surface area contributed by atoms with Crippen LogP contribution in [-0.4, -0.2) is 20.1 Å². The molecule has 133 heavy (non-hydrogen) atoms. The van der Waals surface area contributed by atoms with Gasteiger partial charge in [0.05, 0.1) is 22.7 Å². The van der Waals surface area contributed by atoms with Crippen LogP contribution < -0.4 is 68.8 Å². The number of rotatable bonds is 12. The van der Waals surface area contributed by atoms with Crippen molar-refractivity contribution in [3.8, 4) is 89.0 Å². The van der Waals surface area contributed by atoms with Gasteiger partial charge in [0, 0.05) is 87.3 Å². The molecule has 0 radical (unpaired) electrons. The van der Waals surface area contributed by atoms with E-state index in [1.165, 1.54) is 186 Å². The molecule has 9 heteroatoms. The molecule has 630 valence electrons. The average molecular weight is 1740 g/mol. The van der Waals surface area contributed by atoms with Gasteiger partial charge >= 0.3 is 0 Å². The molecule has 0 saturated heterocycles. The molecule has 0 fully saturated rings. The number of nitrogens with zero attached hydrogens (tertiary/aromatic N) is 4. The van der Waals surface area contributed by atoms with Gasteiger partial charge in [-0.2, -0.15) is 0 Å². The lowest BCUT2D eigenvalue weighted by Gasteiger charge is -2.50. The van der Waals surface area contributed by atoms with Crippen LogP contribution >= 0.6 is 23.5 Å². The standard InChI is InChI=1S/C124H93B3N4S2/c1-76-64-78(3)118(79(4)65-76)128-103-60-56-90(82-36-18-10-19-37-82)68-99(103)125-101-70-92(84-40-22-12-23-41-84)58-62-111(101)132-122-114(125)107(128)74-109-116(122)127-113-105(130(109)120-95(86-44-26-14-27-45-86)52-34-53-96(120)87-46-28-15-29-47-87)72-94(124(7,8)9)73-106(113)131(121-97(88-48-30-16-31-49-88)54-35-55-98(121)89-50-32-17-33-51-89)110-75-108-115-123(117(110)127)133-112-63-59-93(85-42-24-13-25-43-85)71-102(112)126(115)100-69-91(83-38-20-11-21-39-83)57-61-104(100)129(108)119-80(5)66-77(2)67-81(119)6/h10-75H,1-9H3. The summed E-state index contributed by atoms with van der Waals surface area (Å²) in [5.74, 6) is 0. The van der Waals surface area contributed by atoms with Crippen molar-refractivity contribution in [2.45, 2.75) is 87.3 Å². The molecule has 6 aliphatic rings. The summed E-state index contributed by atoms with van der Waals surface area (Å²) < 4.78 is 0. The van der Waals surface area contributed by atoms with E-state index >= 15 is 0 Å². The second kappa shape index (κ2) is 31.5. The monoisotopic (exact) mass is 1730 g/mol. The van der Waals surface area contributed by atoms with Crippen molar-refractivity contribution in [2.75, 3.05) is 19.6 Å². The van der Waals surface area contributed by atoms with Crippen molar-refractivity contribution in [3.05, 3.63) is 439 Å². The largest absolute Gasteiger partial charge is 0.311 e. The minimum atomic E-state index is -0.455. The summed E-state index contributed by atoms with van der Waals surface area (Å²) in [5, 5.41) is 0. The molecular formula is C124H93B3N4S2. The van der Waals surface area contributed by atoms with Gasteiger partial charge in [-0.05, 0) is 228 Å². The lowest BCUT2D eigenvalue weighted by atomic mass is 9.29. The van der Waals surface area contributed by atoms with Gasteiger partial charge in [-0.1, -0.05) is 418 Å². The molecule has 6 heterocycles. The number of anilines is 12. The number of benzene rings is 19. The molecule has 0 saturated carbocycles. The minimum absolute atomic E-state index is 0.257. The maximum absolute atomic E-state index is 2.84. The highest BCUT2D eigenvalue weighted by Gasteiger charge is 2.55. The van der Waals surface area contributed by atoms with E-state index in [0.29, 0.717) is 0 Å². The van der Waals surface area contributed by atoms with Crippen molar-refractivity contribution in [3.63, 3.8) is 0 Å². The van der Waals surface area contributed by atoms with Gasteiger partial charge in [0.2, 0.25) is 13.4 Å². The molecule has 0 unspecified atom stereocenters. The molecule has 4 nitrogen and oxygen atoms in total. The number of hydrogen-bond donors (Lipinski definition) is 0. The molecule has 0 amide bonds. The molecule has 6 aliphatic heterocycles. The highest BCUT2D eigenvalue weighted by Crippen LogP contribution is 2.59. The first kappa shape index (κ1) is 80.4. The van der Waals surface area contributed by atoms with E-state index in [0.717, 1.165) is 78.6 Å². The van der Waals surface area contributed by atoms with Crippen LogP contribution in [-0.2, 0) is 5.41 Å². The van der Waals surface area contributed by atoms with Crippen molar-refractivity contribution in [2.24, 2.45) is 0 Å². The lowest BCUT2D eigenvalue weighted by Crippen LogP contribution is -2.68. The van der Waals surface area contributed by atoms with E-state index in [4.69, 9.17) is 0 Å². The number of fused-ring (bicyclic) bond motifs is 14. The summed E-state index contributed by atoms with van der Waals surface area (Å²) in [7, 11) is 0. The molecule has 0 atom stereocenters. The van der Waals surface area contributed by atoms with Crippen molar-refractivity contribution >= 4 is 161 Å². The molecule has 0 bridgehead atoms. The summed E-state index contributed by atoms with van der Waals surface area (Å²) >= 11 is 4.01. The molecule has 0 aromatic heterocycles. The first-order valence-electron chi connectivity index (χ1n) is 46.7. The number of hydrogen-bond acceptors (Lipinski definition) is 6. The molecule has 19 aromatic rings. The topological polar surface area (TPSA) is 13.0 Å². The molecule has 0 spiro atoms. The Balaban J connectivity index is 0.913. The minimum Gasteiger partial charge on any atom is -0.311 e. The summed E-state index contributed by atoms with van der Waals surface area (Å²) in [4.78, 5) is 16.2. The van der Waals surface area contributed by atoms with Gasteiger partial charge < -0.3 is 19.6 Å². The van der Waals surface area contributed by atoms with E-state index in [2.05, 4.69) is 482 Å². The Morgan fingerprint density at radius 2 is 0.459 bits per heavy atom. The third kappa shape index (κ3) is 12.9. The highest BCUT2D eigenvalue weighted by atomic mass is 32.2. The van der Waals surface area contributed by atoms with E-state index < -0.39 is 12.1 Å². The molecule has 0 aliphatic carbocycles. The van der Waals surface area contributed by atoms with Crippen LogP contribution in [0.15, 0.2) is 420 Å². The second-order valence-electron chi connectivity index (χ2n) is 38.0. The van der Waals surface area contributed by atoms with Crippen LogP contribution in [0.25, 0.3) is 89.0 Å². The fourth-order valence-electron chi connectivity index (χ4n) is 23.2. The third-order valence-electron chi connectivity index (χ3n) is 28.7. The van der Waals surface area contributed by atoms with E-state index in [-0.39, 0.29) is 13.4 Å². The first-order valence-corrected chi connectivity index (χ1v) is 48.3. The van der Waals surface area contributed by atoms with Crippen molar-refractivity contribution in [1.29, 1.82) is 0 Å². The molecule has 25 rings (SSSR count). The van der Waals surface area contributed by atoms with Crippen LogP contribution in [0.5, 0.6) is 0 Å². The second-order valence-corrected chi connectivity index (χ2v) is 40.1. The van der Waals surface area contributed by atoms with Gasteiger partial charge in [-0.25, -0.2) is 0 Å². The fourth-order valence-corrected chi connectivity index (χ4v) is 25.8. The average Bonchev–Trinajstić information content (AvgIpc) is 0.661. The zero-order valence-corrected chi connectivity index (χ0v) is 77.6. The Hall–Kier alpha value is -14.7. The maximum Gasteiger partial charge on any atom is 0.255 e. The van der Waals surface area contributed by atoms with E-state index in [1.54, 1.807) is 0 Å². The van der Waals surface area contributed by atoms with Gasteiger partial charge in [-0.15, -0.1) is 0 Å². The third-order valence-corrected chi connectivity index (χ3v) is 31.2. The maximum atomic E-state index is 2.84. The van der Waals surface area contributed by atoms with Gasteiger partial charge in [0.25, 0.3) is 6.71 Å². The summed E-state index contributed by atoms with van der Waals surface area (Å²) in [6.45, 7) is 20.3. The lowest BCUT2D eigenvalue weighted by molar-refractivity contribution is 0.590. The SMILES string of the molecule is Cc1cc(C)c(N2c3ccc(-c4ccccc4)cc3B3c4cc(-c5ccccc5)ccc4Sc4c3c2cc2c4B3c4c(cc(C(C)(C)C)cc4N(c4c(-c5ccccc5)cccc4-c4ccccc4)c4cc5c6c(c43)Sc3ccc(-c4ccccc4)cc3B6c3cc(-c4ccccc4)ccc3N5c3c(C)cc(C)cc3C)N2c2c(-c3ccccc3)cccc2-c2ccccc2)c(C)c1. The Morgan fingerprint density at radius 3 is 0.752 bits per heavy atom. The number of aryl methyl sites for hydroxylation is 6. The van der Waals surface area contributed by atoms with Gasteiger partial charge in [-0.3, -0.25) is 0 Å². The first-order chi connectivity index (χ1) is 65.1.